The highest BCUT2D eigenvalue weighted by atomic mass is 16.6. The van der Waals surface area contributed by atoms with Crippen LogP contribution >= 0.6 is 0 Å². The summed E-state index contributed by atoms with van der Waals surface area (Å²) < 4.78 is 0. The Morgan fingerprint density at radius 2 is 2.09 bits per heavy atom. The van der Waals surface area contributed by atoms with Gasteiger partial charge < -0.3 is 0 Å². The van der Waals surface area contributed by atoms with Crippen LogP contribution in [0.2, 0.25) is 0 Å². The van der Waals surface area contributed by atoms with E-state index in [4.69, 9.17) is 0 Å². The fourth-order valence-corrected chi connectivity index (χ4v) is 1.08. The van der Waals surface area contributed by atoms with Crippen LogP contribution in [0.25, 0.3) is 0 Å². The van der Waals surface area contributed by atoms with Crippen molar-refractivity contribution in [3.05, 3.63) is 33.0 Å². The minimum absolute atomic E-state index is 0.296. The average Bonchev–Trinajstić information content (AvgIpc) is 1.94. The second-order valence-corrected chi connectivity index (χ2v) is 2.89. The molecule has 0 bridgehead atoms. The summed E-state index contributed by atoms with van der Waals surface area (Å²) in [7, 11) is 0. The van der Waals surface area contributed by atoms with Gasteiger partial charge in [-0.25, -0.2) is 0 Å². The molecule has 0 fully saturated rings. The van der Waals surface area contributed by atoms with Crippen LogP contribution in [0.1, 0.15) is 26.7 Å². The van der Waals surface area contributed by atoms with Gasteiger partial charge in [-0.3, -0.25) is 10.1 Å². The van der Waals surface area contributed by atoms with Crippen molar-refractivity contribution >= 4 is 0 Å². The average molecular weight is 153 g/mol. The molecule has 0 aromatic carbocycles. The van der Waals surface area contributed by atoms with Crippen LogP contribution in [-0.4, -0.2) is 4.92 Å². The van der Waals surface area contributed by atoms with Crippen molar-refractivity contribution in [1.82, 2.24) is 0 Å². The third kappa shape index (κ3) is 1.67. The normalized spacial score (nSPS) is 18.2. The van der Waals surface area contributed by atoms with E-state index in [1.165, 1.54) is 5.57 Å². The van der Waals surface area contributed by atoms with E-state index in [0.717, 1.165) is 12.0 Å². The minimum Gasteiger partial charge on any atom is -0.259 e. The van der Waals surface area contributed by atoms with Crippen molar-refractivity contribution in [3.8, 4) is 0 Å². The van der Waals surface area contributed by atoms with Crippen molar-refractivity contribution in [2.45, 2.75) is 26.7 Å². The Hall–Kier alpha value is -1.12. The molecule has 0 saturated heterocycles. The van der Waals surface area contributed by atoms with Gasteiger partial charge in [0.15, 0.2) is 0 Å². The number of rotatable bonds is 1. The Morgan fingerprint density at radius 3 is 2.55 bits per heavy atom. The van der Waals surface area contributed by atoms with Gasteiger partial charge in [0, 0.05) is 0 Å². The van der Waals surface area contributed by atoms with Crippen molar-refractivity contribution in [2.75, 3.05) is 0 Å². The number of hydrogen-bond donors (Lipinski definition) is 0. The largest absolute Gasteiger partial charge is 0.259 e. The van der Waals surface area contributed by atoms with E-state index in [1.807, 2.05) is 13.8 Å². The lowest BCUT2D eigenvalue weighted by Gasteiger charge is -2.09. The molecule has 1 rings (SSSR count). The van der Waals surface area contributed by atoms with E-state index < -0.39 is 0 Å². The summed E-state index contributed by atoms with van der Waals surface area (Å²) >= 11 is 0. The summed E-state index contributed by atoms with van der Waals surface area (Å²) in [6.45, 7) is 3.97. The van der Waals surface area contributed by atoms with E-state index in [1.54, 1.807) is 6.08 Å². The molecule has 1 aliphatic carbocycles. The van der Waals surface area contributed by atoms with Crippen LogP contribution in [0.4, 0.5) is 0 Å². The first-order chi connectivity index (χ1) is 5.11. The lowest BCUT2D eigenvalue weighted by atomic mass is 9.98. The Balaban J connectivity index is 2.75. The summed E-state index contributed by atoms with van der Waals surface area (Å²) in [6.07, 6.45) is 2.95. The van der Waals surface area contributed by atoms with Gasteiger partial charge in [-0.1, -0.05) is 11.1 Å². The lowest BCUT2D eigenvalue weighted by molar-refractivity contribution is -0.427. The summed E-state index contributed by atoms with van der Waals surface area (Å²) in [5.74, 6) is 0. The molecule has 0 unspecified atom stereocenters. The maximum atomic E-state index is 10.3. The van der Waals surface area contributed by atoms with Gasteiger partial charge in [0.05, 0.1) is 11.3 Å². The second kappa shape index (κ2) is 2.86. The smallest absolute Gasteiger partial charge is 0.246 e. The minimum atomic E-state index is -0.296. The molecule has 0 aromatic rings. The van der Waals surface area contributed by atoms with Crippen molar-refractivity contribution in [1.29, 1.82) is 0 Å². The SMILES string of the molecule is CC1=C(C)CC([N+](=O)[O-])=CC1. The molecule has 0 aromatic heterocycles. The number of nitro groups is 1. The van der Waals surface area contributed by atoms with Crippen LogP contribution in [-0.2, 0) is 0 Å². The molecule has 0 amide bonds. The maximum absolute atomic E-state index is 10.3. The molecule has 0 atom stereocenters. The van der Waals surface area contributed by atoms with Gasteiger partial charge in [0.1, 0.15) is 0 Å². The summed E-state index contributed by atoms with van der Waals surface area (Å²) in [6, 6.07) is 0. The number of allylic oxidation sites excluding steroid dienone is 3. The van der Waals surface area contributed by atoms with Crippen LogP contribution in [0.5, 0.6) is 0 Å². The zero-order valence-electron chi connectivity index (χ0n) is 6.76. The fraction of sp³-hybridized carbons (Fsp3) is 0.500. The molecular weight excluding hydrogens is 142 g/mol. The zero-order valence-corrected chi connectivity index (χ0v) is 6.76. The molecule has 60 valence electrons. The standard InChI is InChI=1S/C8H11NO2/c1-6-3-4-8(9(10)11)5-7(6)2/h4H,3,5H2,1-2H3. The van der Waals surface area contributed by atoms with E-state index in [9.17, 15) is 10.1 Å². The molecular formula is C8H11NO2. The fourth-order valence-electron chi connectivity index (χ4n) is 1.08. The maximum Gasteiger partial charge on any atom is 0.246 e. The quantitative estimate of drug-likeness (QED) is 0.329. The monoisotopic (exact) mass is 153 g/mol. The molecule has 11 heavy (non-hydrogen) atoms. The molecule has 0 radical (unpaired) electrons. The first-order valence-electron chi connectivity index (χ1n) is 3.60. The predicted octanol–water partition coefficient (Wildman–Crippen LogP) is 2.28. The topological polar surface area (TPSA) is 43.1 Å². The van der Waals surface area contributed by atoms with Crippen molar-refractivity contribution < 1.29 is 4.92 Å². The van der Waals surface area contributed by atoms with E-state index in [2.05, 4.69) is 0 Å². The molecule has 0 N–H and O–H groups in total. The Morgan fingerprint density at radius 1 is 1.45 bits per heavy atom. The highest BCUT2D eigenvalue weighted by Gasteiger charge is 2.16. The van der Waals surface area contributed by atoms with Crippen LogP contribution in [0.3, 0.4) is 0 Å². The second-order valence-electron chi connectivity index (χ2n) is 2.89. The molecule has 0 aliphatic heterocycles. The number of hydrogen-bond acceptors (Lipinski definition) is 2. The van der Waals surface area contributed by atoms with E-state index >= 15 is 0 Å². The molecule has 1 aliphatic rings. The van der Waals surface area contributed by atoms with Crippen LogP contribution in [0.15, 0.2) is 22.9 Å². The Kier molecular flexibility index (Phi) is 2.08. The molecule has 0 saturated carbocycles. The lowest BCUT2D eigenvalue weighted by Crippen LogP contribution is -2.04. The van der Waals surface area contributed by atoms with Crippen molar-refractivity contribution in [3.63, 3.8) is 0 Å². The van der Waals surface area contributed by atoms with Gasteiger partial charge >= 0.3 is 0 Å². The van der Waals surface area contributed by atoms with Gasteiger partial charge in [-0.2, -0.15) is 0 Å². The van der Waals surface area contributed by atoms with E-state index in [-0.39, 0.29) is 4.92 Å². The zero-order chi connectivity index (χ0) is 8.43. The predicted molar refractivity (Wildman–Crippen MR) is 42.7 cm³/mol. The Labute approximate surface area is 65.6 Å². The first-order valence-corrected chi connectivity index (χ1v) is 3.60. The molecule has 3 heteroatoms. The third-order valence-corrected chi connectivity index (χ3v) is 2.05. The third-order valence-electron chi connectivity index (χ3n) is 2.05. The molecule has 3 nitrogen and oxygen atoms in total. The molecule has 0 spiro atoms. The van der Waals surface area contributed by atoms with Gasteiger partial charge in [0.2, 0.25) is 5.70 Å². The molecule has 0 heterocycles. The summed E-state index contributed by atoms with van der Waals surface area (Å²) in [4.78, 5) is 10.0. The van der Waals surface area contributed by atoms with E-state index in [0.29, 0.717) is 12.1 Å². The van der Waals surface area contributed by atoms with Gasteiger partial charge in [-0.05, 0) is 26.3 Å². The van der Waals surface area contributed by atoms with Crippen molar-refractivity contribution in [2.24, 2.45) is 0 Å². The highest BCUT2D eigenvalue weighted by molar-refractivity contribution is 5.23. The Bertz CT molecular complexity index is 251. The first kappa shape index (κ1) is 7.98. The number of nitrogens with zero attached hydrogens (tertiary/aromatic N) is 1. The summed E-state index contributed by atoms with van der Waals surface area (Å²) in [5, 5.41) is 10.3. The highest BCUT2D eigenvalue weighted by Crippen LogP contribution is 2.23. The van der Waals surface area contributed by atoms with Gasteiger partial charge in [-0.15, -0.1) is 0 Å². The van der Waals surface area contributed by atoms with Crippen LogP contribution < -0.4 is 0 Å². The van der Waals surface area contributed by atoms with Gasteiger partial charge in [0.25, 0.3) is 0 Å². The summed E-state index contributed by atoms with van der Waals surface area (Å²) in [5.41, 5.74) is 2.74. The van der Waals surface area contributed by atoms with Crippen LogP contribution in [0, 0.1) is 10.1 Å².